The van der Waals surface area contributed by atoms with Crippen LogP contribution in [0.25, 0.3) is 0 Å². The summed E-state index contributed by atoms with van der Waals surface area (Å²) in [5.74, 6) is 1.38. The van der Waals surface area contributed by atoms with E-state index in [0.29, 0.717) is 5.92 Å². The molecule has 4 rings (SSSR count). The van der Waals surface area contributed by atoms with Gasteiger partial charge in [0.25, 0.3) is 0 Å². The summed E-state index contributed by atoms with van der Waals surface area (Å²) in [7, 11) is 2.22. The smallest absolute Gasteiger partial charge is 0.0233 e. The molecule has 0 amide bonds. The third-order valence-electron chi connectivity index (χ3n) is 5.41. The van der Waals surface area contributed by atoms with Crippen LogP contribution in [0.1, 0.15) is 53.0 Å². The molecule has 0 N–H and O–H groups in total. The Hall–Kier alpha value is -1.60. The van der Waals surface area contributed by atoms with Crippen LogP contribution in [0.2, 0.25) is 0 Å². The molecule has 0 saturated heterocycles. The molecule has 2 aliphatic carbocycles. The Morgan fingerprint density at radius 1 is 1.05 bits per heavy atom. The van der Waals surface area contributed by atoms with Gasteiger partial charge in [-0.05, 0) is 60.2 Å². The predicted octanol–water partition coefficient (Wildman–Crippen LogP) is 4.31. The van der Waals surface area contributed by atoms with Gasteiger partial charge in [0.1, 0.15) is 0 Å². The van der Waals surface area contributed by atoms with Crippen LogP contribution in [0, 0.1) is 0 Å². The molecular weight excluding hydrogens is 254 g/mol. The summed E-state index contributed by atoms with van der Waals surface area (Å²) in [6.07, 6.45) is 2.55. The van der Waals surface area contributed by atoms with Gasteiger partial charge >= 0.3 is 0 Å². The highest BCUT2D eigenvalue weighted by Crippen LogP contribution is 2.52. The van der Waals surface area contributed by atoms with Crippen LogP contribution in [-0.4, -0.2) is 18.5 Å². The number of hydrogen-bond acceptors (Lipinski definition) is 1. The lowest BCUT2D eigenvalue weighted by Gasteiger charge is -2.23. The average Bonchev–Trinajstić information content (AvgIpc) is 2.82. The molecular formula is C20H23N. The van der Waals surface area contributed by atoms with Gasteiger partial charge in [0.15, 0.2) is 0 Å². The van der Waals surface area contributed by atoms with Gasteiger partial charge in [0.2, 0.25) is 0 Å². The van der Waals surface area contributed by atoms with Crippen molar-refractivity contribution in [2.24, 2.45) is 0 Å². The van der Waals surface area contributed by atoms with Gasteiger partial charge in [-0.1, -0.05) is 49.4 Å². The van der Waals surface area contributed by atoms with Crippen LogP contribution in [0.15, 0.2) is 42.5 Å². The number of fused-ring (bicyclic) bond motifs is 7. The highest BCUT2D eigenvalue weighted by Gasteiger charge is 2.38. The first-order chi connectivity index (χ1) is 10.3. The number of benzene rings is 2. The van der Waals surface area contributed by atoms with Crippen LogP contribution in [0.5, 0.6) is 0 Å². The fraction of sp³-hybridized carbons (Fsp3) is 0.400. The van der Waals surface area contributed by atoms with Crippen molar-refractivity contribution in [3.63, 3.8) is 0 Å². The van der Waals surface area contributed by atoms with E-state index in [0.717, 1.165) is 19.0 Å². The van der Waals surface area contributed by atoms with Crippen molar-refractivity contribution in [3.8, 4) is 0 Å². The summed E-state index contributed by atoms with van der Waals surface area (Å²) in [5.41, 5.74) is 7.97. The van der Waals surface area contributed by atoms with E-state index in [1.807, 2.05) is 0 Å². The lowest BCUT2D eigenvalue weighted by atomic mass is 9.81. The Morgan fingerprint density at radius 3 is 2.71 bits per heavy atom. The summed E-state index contributed by atoms with van der Waals surface area (Å²) in [4.78, 5) is 2.41. The quantitative estimate of drug-likeness (QED) is 0.808. The van der Waals surface area contributed by atoms with E-state index in [1.165, 1.54) is 12.8 Å². The molecule has 108 valence electrons. The summed E-state index contributed by atoms with van der Waals surface area (Å²) in [6.45, 7) is 4.43. The molecule has 0 aliphatic heterocycles. The van der Waals surface area contributed by atoms with E-state index in [-0.39, 0.29) is 0 Å². The van der Waals surface area contributed by atoms with Gasteiger partial charge < -0.3 is 4.90 Å². The van der Waals surface area contributed by atoms with Gasteiger partial charge in [-0.2, -0.15) is 0 Å². The molecule has 0 fully saturated rings. The van der Waals surface area contributed by atoms with E-state index in [4.69, 9.17) is 0 Å². The normalized spacial score (nSPS) is 22.2. The topological polar surface area (TPSA) is 3.24 Å². The minimum atomic E-state index is 0.641. The maximum atomic E-state index is 2.41. The minimum absolute atomic E-state index is 0.641. The molecule has 2 atom stereocenters. The molecule has 0 heterocycles. The van der Waals surface area contributed by atoms with E-state index in [9.17, 15) is 0 Å². The van der Waals surface area contributed by atoms with Gasteiger partial charge in [0.05, 0.1) is 0 Å². The van der Waals surface area contributed by atoms with Gasteiger partial charge in [-0.3, -0.25) is 0 Å². The Bertz CT molecular complexity index is 673. The van der Waals surface area contributed by atoms with Crippen molar-refractivity contribution in [2.45, 2.75) is 38.1 Å². The van der Waals surface area contributed by atoms with Crippen LogP contribution in [-0.2, 0) is 13.0 Å². The molecule has 0 radical (unpaired) electrons. The fourth-order valence-corrected chi connectivity index (χ4v) is 4.31. The SMILES string of the molecule is CCN(C)Cc1cccc2c1C1Cc3ccccc3C2C1. The Labute approximate surface area is 127 Å². The van der Waals surface area contributed by atoms with Crippen molar-refractivity contribution in [3.05, 3.63) is 70.3 Å². The first-order valence-corrected chi connectivity index (χ1v) is 8.16. The molecule has 21 heavy (non-hydrogen) atoms. The molecule has 1 nitrogen and oxygen atoms in total. The van der Waals surface area contributed by atoms with Crippen LogP contribution < -0.4 is 0 Å². The first kappa shape index (κ1) is 13.1. The predicted molar refractivity (Wildman–Crippen MR) is 87.8 cm³/mol. The zero-order chi connectivity index (χ0) is 14.4. The second-order valence-electron chi connectivity index (χ2n) is 6.64. The third kappa shape index (κ3) is 2.03. The summed E-state index contributed by atoms with van der Waals surface area (Å²) >= 11 is 0. The molecule has 0 saturated carbocycles. The van der Waals surface area contributed by atoms with Crippen molar-refractivity contribution in [2.75, 3.05) is 13.6 Å². The number of nitrogens with zero attached hydrogens (tertiary/aromatic N) is 1. The standard InChI is InChI=1S/C20H23N/c1-3-21(2)13-15-8-6-10-18-19-12-16(20(15)18)11-14-7-4-5-9-17(14)19/h4-10,16,19H,3,11-13H2,1-2H3. The van der Waals surface area contributed by atoms with Crippen LogP contribution in [0.4, 0.5) is 0 Å². The van der Waals surface area contributed by atoms with Crippen molar-refractivity contribution in [1.29, 1.82) is 0 Å². The lowest BCUT2D eigenvalue weighted by Crippen LogP contribution is -2.18. The third-order valence-corrected chi connectivity index (χ3v) is 5.41. The number of rotatable bonds is 3. The molecule has 2 unspecified atom stereocenters. The molecule has 0 aromatic heterocycles. The molecule has 2 aromatic carbocycles. The Morgan fingerprint density at radius 2 is 1.86 bits per heavy atom. The Kier molecular flexibility index (Phi) is 3.11. The summed E-state index contributed by atoms with van der Waals surface area (Å²) in [5, 5.41) is 0. The van der Waals surface area contributed by atoms with Gasteiger partial charge in [-0.25, -0.2) is 0 Å². The van der Waals surface area contributed by atoms with Crippen molar-refractivity contribution in [1.82, 2.24) is 4.90 Å². The summed E-state index contributed by atoms with van der Waals surface area (Å²) in [6, 6.07) is 16.1. The van der Waals surface area contributed by atoms with E-state index in [2.05, 4.69) is 61.3 Å². The zero-order valence-corrected chi connectivity index (χ0v) is 13.0. The molecule has 2 bridgehead atoms. The monoisotopic (exact) mass is 277 g/mol. The van der Waals surface area contributed by atoms with Gasteiger partial charge in [0, 0.05) is 12.5 Å². The highest BCUT2D eigenvalue weighted by atomic mass is 15.1. The van der Waals surface area contributed by atoms with Crippen LogP contribution >= 0.6 is 0 Å². The fourth-order valence-electron chi connectivity index (χ4n) is 4.31. The minimum Gasteiger partial charge on any atom is -0.302 e. The van der Waals surface area contributed by atoms with E-state index >= 15 is 0 Å². The zero-order valence-electron chi connectivity index (χ0n) is 13.0. The highest BCUT2D eigenvalue weighted by molar-refractivity contribution is 5.54. The van der Waals surface area contributed by atoms with Crippen molar-refractivity contribution >= 4 is 0 Å². The number of hydrogen-bond donors (Lipinski definition) is 0. The molecule has 2 aliphatic rings. The molecule has 1 heteroatoms. The molecule has 0 spiro atoms. The van der Waals surface area contributed by atoms with E-state index in [1.54, 1.807) is 27.8 Å². The molecule has 2 aromatic rings. The Balaban J connectivity index is 1.80. The second kappa shape index (κ2) is 4.99. The lowest BCUT2D eigenvalue weighted by molar-refractivity contribution is 0.344. The average molecular weight is 277 g/mol. The maximum absolute atomic E-state index is 2.41. The van der Waals surface area contributed by atoms with E-state index < -0.39 is 0 Å². The first-order valence-electron chi connectivity index (χ1n) is 8.16. The van der Waals surface area contributed by atoms with Gasteiger partial charge in [-0.15, -0.1) is 0 Å². The maximum Gasteiger partial charge on any atom is 0.0233 e. The summed E-state index contributed by atoms with van der Waals surface area (Å²) < 4.78 is 0. The largest absolute Gasteiger partial charge is 0.302 e. The second-order valence-corrected chi connectivity index (χ2v) is 6.64. The van der Waals surface area contributed by atoms with Crippen molar-refractivity contribution < 1.29 is 0 Å². The van der Waals surface area contributed by atoms with Crippen LogP contribution in [0.3, 0.4) is 0 Å².